The van der Waals surface area contributed by atoms with Gasteiger partial charge in [0.25, 0.3) is 0 Å². The molecule has 0 saturated carbocycles. The fourth-order valence-electron chi connectivity index (χ4n) is 1.30. The van der Waals surface area contributed by atoms with Crippen molar-refractivity contribution in [3.8, 4) is 0 Å². The number of alkyl carbamates (subject to hydrolysis) is 1. The van der Waals surface area contributed by atoms with Crippen molar-refractivity contribution in [1.29, 1.82) is 0 Å². The van der Waals surface area contributed by atoms with Crippen molar-refractivity contribution in [2.24, 2.45) is 5.92 Å². The molecule has 2 unspecified atom stereocenters. The average molecular weight is 313 g/mol. The minimum Gasteiger partial charge on any atom is -0.464 e. The molecule has 5 nitrogen and oxygen atoms in total. The maximum absolute atomic E-state index is 12.8. The quantitative estimate of drug-likeness (QED) is 0.792. The summed E-state index contributed by atoms with van der Waals surface area (Å²) in [6.07, 6.45) is -5.28. The first-order chi connectivity index (χ1) is 9.38. The van der Waals surface area contributed by atoms with Crippen LogP contribution in [-0.2, 0) is 14.3 Å². The summed E-state index contributed by atoms with van der Waals surface area (Å²) in [5, 5.41) is 1.93. The second-order valence-electron chi connectivity index (χ2n) is 5.62. The summed E-state index contributed by atoms with van der Waals surface area (Å²) in [5.41, 5.74) is -0.885. The van der Waals surface area contributed by atoms with Crippen molar-refractivity contribution in [2.75, 3.05) is 6.61 Å². The molecule has 0 heterocycles. The van der Waals surface area contributed by atoms with Crippen LogP contribution >= 0.6 is 0 Å². The summed E-state index contributed by atoms with van der Waals surface area (Å²) in [6, 6.07) is -1.84. The van der Waals surface area contributed by atoms with Gasteiger partial charge in [-0.3, -0.25) is 0 Å². The summed E-state index contributed by atoms with van der Waals surface area (Å²) in [6.45, 7) is 7.17. The van der Waals surface area contributed by atoms with Crippen LogP contribution in [0.2, 0.25) is 0 Å². The predicted octanol–water partition coefficient (Wildman–Crippen LogP) is 3.03. The number of rotatable bonds is 5. The van der Waals surface area contributed by atoms with Gasteiger partial charge in [0.1, 0.15) is 11.6 Å². The lowest BCUT2D eigenvalue weighted by Gasteiger charge is -2.27. The van der Waals surface area contributed by atoms with Crippen LogP contribution < -0.4 is 5.32 Å². The normalized spacial score (nSPS) is 15.0. The zero-order chi connectivity index (χ0) is 16.8. The van der Waals surface area contributed by atoms with Crippen LogP contribution in [0.1, 0.15) is 41.0 Å². The van der Waals surface area contributed by atoms with E-state index in [0.717, 1.165) is 6.92 Å². The van der Waals surface area contributed by atoms with Gasteiger partial charge in [0.05, 0.1) is 12.5 Å². The second-order valence-corrected chi connectivity index (χ2v) is 5.62. The Balaban J connectivity index is 4.97. The van der Waals surface area contributed by atoms with Crippen molar-refractivity contribution >= 4 is 12.1 Å². The Bertz CT molecular complexity index is 363. The Labute approximate surface area is 122 Å². The molecule has 0 fully saturated rings. The lowest BCUT2D eigenvalue weighted by Crippen LogP contribution is -2.51. The Morgan fingerprint density at radius 1 is 1.19 bits per heavy atom. The van der Waals surface area contributed by atoms with E-state index >= 15 is 0 Å². The Morgan fingerprint density at radius 3 is 2.10 bits per heavy atom. The number of hydrogen-bond donors (Lipinski definition) is 1. The monoisotopic (exact) mass is 313 g/mol. The van der Waals surface area contributed by atoms with E-state index in [1.54, 1.807) is 27.7 Å². The molecule has 0 saturated heterocycles. The maximum atomic E-state index is 12.8. The molecule has 8 heteroatoms. The molecule has 0 aliphatic rings. The number of ether oxygens (including phenoxy) is 2. The van der Waals surface area contributed by atoms with E-state index in [1.165, 1.54) is 0 Å². The third-order valence-corrected chi connectivity index (χ3v) is 2.39. The van der Waals surface area contributed by atoms with Crippen LogP contribution in [-0.4, -0.2) is 36.5 Å². The minimum atomic E-state index is -4.65. The van der Waals surface area contributed by atoms with E-state index in [1.807, 2.05) is 5.32 Å². The Kier molecular flexibility index (Phi) is 6.99. The third kappa shape index (κ3) is 7.77. The molecule has 21 heavy (non-hydrogen) atoms. The van der Waals surface area contributed by atoms with Crippen molar-refractivity contribution in [2.45, 2.75) is 58.9 Å². The molecular formula is C13H22F3NO4. The smallest absolute Gasteiger partial charge is 0.408 e. The van der Waals surface area contributed by atoms with Crippen LogP contribution in [0.4, 0.5) is 18.0 Å². The van der Waals surface area contributed by atoms with Gasteiger partial charge in [-0.2, -0.15) is 13.2 Å². The number of amides is 1. The summed E-state index contributed by atoms with van der Waals surface area (Å²) in [5.74, 6) is -3.22. The van der Waals surface area contributed by atoms with E-state index in [-0.39, 0.29) is 6.61 Å². The highest BCUT2D eigenvalue weighted by Crippen LogP contribution is 2.29. The van der Waals surface area contributed by atoms with Gasteiger partial charge < -0.3 is 14.8 Å². The average Bonchev–Trinajstić information content (AvgIpc) is 2.28. The van der Waals surface area contributed by atoms with E-state index in [4.69, 9.17) is 9.47 Å². The first-order valence-corrected chi connectivity index (χ1v) is 6.61. The van der Waals surface area contributed by atoms with E-state index in [9.17, 15) is 22.8 Å². The zero-order valence-corrected chi connectivity index (χ0v) is 12.8. The summed E-state index contributed by atoms with van der Waals surface area (Å²) < 4.78 is 47.9. The van der Waals surface area contributed by atoms with Crippen LogP contribution in [0.3, 0.4) is 0 Å². The number of carbonyl (C=O) groups excluding carboxylic acids is 2. The van der Waals surface area contributed by atoms with Gasteiger partial charge in [-0.25, -0.2) is 9.59 Å². The van der Waals surface area contributed by atoms with Crippen LogP contribution in [0.5, 0.6) is 0 Å². The van der Waals surface area contributed by atoms with E-state index in [2.05, 4.69) is 0 Å². The number of carbonyl (C=O) groups is 2. The molecule has 0 bridgehead atoms. The van der Waals surface area contributed by atoms with E-state index in [0.29, 0.717) is 6.42 Å². The molecule has 1 amide bonds. The van der Waals surface area contributed by atoms with Crippen molar-refractivity contribution in [3.63, 3.8) is 0 Å². The molecule has 0 rings (SSSR count). The van der Waals surface area contributed by atoms with Gasteiger partial charge in [-0.1, -0.05) is 13.8 Å². The summed E-state index contributed by atoms with van der Waals surface area (Å²) in [4.78, 5) is 23.3. The molecule has 2 atom stereocenters. The van der Waals surface area contributed by atoms with E-state index < -0.39 is 35.8 Å². The lowest BCUT2D eigenvalue weighted by atomic mass is 10.0. The number of halogens is 3. The molecule has 0 aliphatic carbocycles. The third-order valence-electron chi connectivity index (χ3n) is 2.39. The van der Waals surface area contributed by atoms with Gasteiger partial charge in [0.15, 0.2) is 0 Å². The number of nitrogens with one attached hydrogen (secondary N) is 1. The molecule has 0 radical (unpaired) electrons. The minimum absolute atomic E-state index is 0.0179. The first kappa shape index (κ1) is 19.5. The molecule has 0 aromatic rings. The molecule has 0 aromatic heterocycles. The van der Waals surface area contributed by atoms with Gasteiger partial charge in [0, 0.05) is 0 Å². The van der Waals surface area contributed by atoms with Crippen molar-refractivity contribution in [3.05, 3.63) is 0 Å². The summed E-state index contributed by atoms with van der Waals surface area (Å²) in [7, 11) is 0. The van der Waals surface area contributed by atoms with Crippen molar-refractivity contribution < 1.29 is 32.2 Å². The SMILES string of the molecule is CCCOC(=O)C(NC(=O)OC(C)(C)C)C(C)C(F)(F)F. The highest BCUT2D eigenvalue weighted by Gasteiger charge is 2.46. The predicted molar refractivity (Wildman–Crippen MR) is 69.6 cm³/mol. The molecule has 0 aromatic carbocycles. The van der Waals surface area contributed by atoms with Gasteiger partial charge in [-0.05, 0) is 27.2 Å². The molecule has 0 aliphatic heterocycles. The first-order valence-electron chi connectivity index (χ1n) is 6.61. The van der Waals surface area contributed by atoms with Gasteiger partial charge in [-0.15, -0.1) is 0 Å². The highest BCUT2D eigenvalue weighted by molar-refractivity contribution is 5.81. The number of alkyl halides is 3. The topological polar surface area (TPSA) is 64.6 Å². The van der Waals surface area contributed by atoms with Gasteiger partial charge in [0.2, 0.25) is 0 Å². The Hall–Kier alpha value is -1.47. The largest absolute Gasteiger partial charge is 0.464 e. The number of hydrogen-bond acceptors (Lipinski definition) is 4. The lowest BCUT2D eigenvalue weighted by molar-refractivity contribution is -0.187. The fourth-order valence-corrected chi connectivity index (χ4v) is 1.30. The molecule has 1 N–H and O–H groups in total. The zero-order valence-electron chi connectivity index (χ0n) is 12.8. The van der Waals surface area contributed by atoms with Crippen molar-refractivity contribution in [1.82, 2.24) is 5.32 Å². The number of esters is 1. The fraction of sp³-hybridized carbons (Fsp3) is 0.846. The molecule has 0 spiro atoms. The Morgan fingerprint density at radius 2 is 1.71 bits per heavy atom. The highest BCUT2D eigenvalue weighted by atomic mass is 19.4. The molecular weight excluding hydrogens is 291 g/mol. The van der Waals surface area contributed by atoms with Crippen LogP contribution in [0.15, 0.2) is 0 Å². The van der Waals surface area contributed by atoms with Crippen LogP contribution in [0, 0.1) is 5.92 Å². The molecule has 124 valence electrons. The standard InChI is InChI=1S/C13H22F3NO4/c1-6-7-20-10(18)9(8(2)13(14,15)16)17-11(19)21-12(3,4)5/h8-9H,6-7H2,1-5H3,(H,17,19). The van der Waals surface area contributed by atoms with Gasteiger partial charge >= 0.3 is 18.2 Å². The summed E-state index contributed by atoms with van der Waals surface area (Å²) >= 11 is 0. The van der Waals surface area contributed by atoms with Crippen LogP contribution in [0.25, 0.3) is 0 Å². The second kappa shape index (κ2) is 7.51. The maximum Gasteiger partial charge on any atom is 0.408 e.